The molecule has 1 aliphatic rings. The Labute approximate surface area is 109 Å². The zero-order chi connectivity index (χ0) is 12.8. The summed E-state index contributed by atoms with van der Waals surface area (Å²) < 4.78 is 16.5. The number of ether oxygens (including phenoxy) is 3. The van der Waals surface area contributed by atoms with E-state index in [-0.39, 0.29) is 0 Å². The highest BCUT2D eigenvalue weighted by molar-refractivity contribution is 5.45. The van der Waals surface area contributed by atoms with Gasteiger partial charge >= 0.3 is 0 Å². The maximum Gasteiger partial charge on any atom is 0.164 e. The zero-order valence-corrected chi connectivity index (χ0v) is 11.3. The molecule has 0 atom stereocenters. The Morgan fingerprint density at radius 3 is 2.17 bits per heavy atom. The molecule has 18 heavy (non-hydrogen) atoms. The SMILES string of the molecule is COc1ccc(OC2CCCCCC2)cc1OC. The van der Waals surface area contributed by atoms with Crippen LogP contribution >= 0.6 is 0 Å². The maximum atomic E-state index is 6.04. The van der Waals surface area contributed by atoms with E-state index in [2.05, 4.69) is 0 Å². The van der Waals surface area contributed by atoms with Gasteiger partial charge in [-0.3, -0.25) is 0 Å². The smallest absolute Gasteiger partial charge is 0.164 e. The fourth-order valence-corrected chi connectivity index (χ4v) is 2.44. The highest BCUT2D eigenvalue weighted by Crippen LogP contribution is 2.32. The van der Waals surface area contributed by atoms with Crippen molar-refractivity contribution in [3.05, 3.63) is 18.2 Å². The minimum Gasteiger partial charge on any atom is -0.493 e. The third kappa shape index (κ3) is 3.31. The Kier molecular flexibility index (Phi) is 4.73. The summed E-state index contributed by atoms with van der Waals surface area (Å²) in [6.07, 6.45) is 7.90. The summed E-state index contributed by atoms with van der Waals surface area (Å²) in [5.41, 5.74) is 0. The summed E-state index contributed by atoms with van der Waals surface area (Å²) in [5, 5.41) is 0. The molecule has 1 aliphatic carbocycles. The predicted molar refractivity (Wildman–Crippen MR) is 71.7 cm³/mol. The van der Waals surface area contributed by atoms with Crippen molar-refractivity contribution < 1.29 is 14.2 Å². The van der Waals surface area contributed by atoms with Crippen LogP contribution < -0.4 is 14.2 Å². The van der Waals surface area contributed by atoms with E-state index in [4.69, 9.17) is 14.2 Å². The third-order valence-electron chi connectivity index (χ3n) is 3.46. The molecule has 1 saturated carbocycles. The van der Waals surface area contributed by atoms with Crippen molar-refractivity contribution >= 4 is 0 Å². The lowest BCUT2D eigenvalue weighted by Gasteiger charge is -2.18. The lowest BCUT2D eigenvalue weighted by molar-refractivity contribution is 0.183. The summed E-state index contributed by atoms with van der Waals surface area (Å²) in [7, 11) is 3.29. The Morgan fingerprint density at radius 1 is 0.889 bits per heavy atom. The molecule has 0 amide bonds. The molecule has 0 heterocycles. The van der Waals surface area contributed by atoms with E-state index in [1.165, 1.54) is 25.7 Å². The second kappa shape index (κ2) is 6.53. The molecular formula is C15H22O3. The van der Waals surface area contributed by atoms with Gasteiger partial charge in [0.05, 0.1) is 20.3 Å². The summed E-state index contributed by atoms with van der Waals surface area (Å²) in [4.78, 5) is 0. The molecule has 3 heteroatoms. The maximum absolute atomic E-state index is 6.04. The van der Waals surface area contributed by atoms with E-state index in [1.54, 1.807) is 14.2 Å². The number of hydrogen-bond acceptors (Lipinski definition) is 3. The van der Waals surface area contributed by atoms with E-state index >= 15 is 0 Å². The lowest BCUT2D eigenvalue weighted by Crippen LogP contribution is -2.15. The molecule has 1 aromatic rings. The van der Waals surface area contributed by atoms with Crippen molar-refractivity contribution in [1.82, 2.24) is 0 Å². The average molecular weight is 250 g/mol. The molecule has 3 nitrogen and oxygen atoms in total. The summed E-state index contributed by atoms with van der Waals surface area (Å²) in [5.74, 6) is 2.34. The molecule has 0 unspecified atom stereocenters. The first kappa shape index (κ1) is 13.1. The Bertz CT molecular complexity index is 368. The van der Waals surface area contributed by atoms with Crippen LogP contribution in [0.3, 0.4) is 0 Å². The van der Waals surface area contributed by atoms with E-state index in [0.717, 1.165) is 30.1 Å². The largest absolute Gasteiger partial charge is 0.493 e. The van der Waals surface area contributed by atoms with Gasteiger partial charge in [0.1, 0.15) is 5.75 Å². The van der Waals surface area contributed by atoms with Gasteiger partial charge in [-0.1, -0.05) is 12.8 Å². The molecule has 0 aromatic heterocycles. The Morgan fingerprint density at radius 2 is 1.56 bits per heavy atom. The van der Waals surface area contributed by atoms with E-state index < -0.39 is 0 Å². The molecular weight excluding hydrogens is 228 g/mol. The van der Waals surface area contributed by atoms with Gasteiger partial charge in [-0.2, -0.15) is 0 Å². The van der Waals surface area contributed by atoms with Crippen LogP contribution in [0.4, 0.5) is 0 Å². The van der Waals surface area contributed by atoms with Gasteiger partial charge in [-0.15, -0.1) is 0 Å². The average Bonchev–Trinajstić information content (AvgIpc) is 2.67. The summed E-state index contributed by atoms with van der Waals surface area (Å²) in [6.45, 7) is 0. The monoisotopic (exact) mass is 250 g/mol. The van der Waals surface area contributed by atoms with Gasteiger partial charge in [0, 0.05) is 6.07 Å². The lowest BCUT2D eigenvalue weighted by atomic mass is 10.1. The van der Waals surface area contributed by atoms with E-state index in [9.17, 15) is 0 Å². The fourth-order valence-electron chi connectivity index (χ4n) is 2.44. The van der Waals surface area contributed by atoms with E-state index in [1.807, 2.05) is 18.2 Å². The van der Waals surface area contributed by atoms with Gasteiger partial charge in [0.2, 0.25) is 0 Å². The normalized spacial score (nSPS) is 17.0. The van der Waals surface area contributed by atoms with Crippen molar-refractivity contribution in [2.75, 3.05) is 14.2 Å². The van der Waals surface area contributed by atoms with Gasteiger partial charge in [-0.05, 0) is 37.8 Å². The van der Waals surface area contributed by atoms with Gasteiger partial charge in [-0.25, -0.2) is 0 Å². The van der Waals surface area contributed by atoms with Crippen molar-refractivity contribution in [1.29, 1.82) is 0 Å². The molecule has 100 valence electrons. The van der Waals surface area contributed by atoms with Crippen molar-refractivity contribution in [2.45, 2.75) is 44.6 Å². The molecule has 1 fully saturated rings. The standard InChI is InChI=1S/C15H22O3/c1-16-14-10-9-13(11-15(14)17-2)18-12-7-5-3-4-6-8-12/h9-12H,3-8H2,1-2H3. The number of hydrogen-bond donors (Lipinski definition) is 0. The highest BCUT2D eigenvalue weighted by Gasteiger charge is 2.14. The first-order valence-electron chi connectivity index (χ1n) is 6.72. The van der Waals surface area contributed by atoms with Crippen LogP contribution in [0.15, 0.2) is 18.2 Å². The fraction of sp³-hybridized carbons (Fsp3) is 0.600. The van der Waals surface area contributed by atoms with Crippen LogP contribution in [0.25, 0.3) is 0 Å². The van der Waals surface area contributed by atoms with Crippen LogP contribution in [0.2, 0.25) is 0 Å². The Hall–Kier alpha value is -1.38. The number of rotatable bonds is 4. The number of methoxy groups -OCH3 is 2. The van der Waals surface area contributed by atoms with Gasteiger partial charge in [0.15, 0.2) is 11.5 Å². The highest BCUT2D eigenvalue weighted by atomic mass is 16.5. The van der Waals surface area contributed by atoms with Crippen molar-refractivity contribution in [3.63, 3.8) is 0 Å². The zero-order valence-electron chi connectivity index (χ0n) is 11.3. The first-order valence-corrected chi connectivity index (χ1v) is 6.72. The molecule has 0 radical (unpaired) electrons. The predicted octanol–water partition coefficient (Wildman–Crippen LogP) is 3.81. The summed E-state index contributed by atoms with van der Waals surface area (Å²) in [6, 6.07) is 5.75. The summed E-state index contributed by atoms with van der Waals surface area (Å²) >= 11 is 0. The topological polar surface area (TPSA) is 27.7 Å². The Balaban J connectivity index is 2.03. The van der Waals surface area contributed by atoms with Gasteiger partial charge < -0.3 is 14.2 Å². The molecule has 1 aromatic carbocycles. The minimum atomic E-state index is 0.352. The van der Waals surface area contributed by atoms with Crippen LogP contribution in [0, 0.1) is 0 Å². The van der Waals surface area contributed by atoms with Crippen molar-refractivity contribution in [2.24, 2.45) is 0 Å². The molecule has 0 aliphatic heterocycles. The van der Waals surface area contributed by atoms with Crippen LogP contribution in [-0.2, 0) is 0 Å². The molecule has 2 rings (SSSR count). The van der Waals surface area contributed by atoms with E-state index in [0.29, 0.717) is 6.10 Å². The van der Waals surface area contributed by atoms with Gasteiger partial charge in [0.25, 0.3) is 0 Å². The molecule has 0 saturated heterocycles. The van der Waals surface area contributed by atoms with Crippen molar-refractivity contribution in [3.8, 4) is 17.2 Å². The second-order valence-corrected chi connectivity index (χ2v) is 4.75. The molecule has 0 bridgehead atoms. The van der Waals surface area contributed by atoms with Crippen LogP contribution in [0.5, 0.6) is 17.2 Å². The number of benzene rings is 1. The molecule has 0 N–H and O–H groups in total. The third-order valence-corrected chi connectivity index (χ3v) is 3.46. The van der Waals surface area contributed by atoms with Crippen LogP contribution in [-0.4, -0.2) is 20.3 Å². The second-order valence-electron chi connectivity index (χ2n) is 4.75. The van der Waals surface area contributed by atoms with Crippen LogP contribution in [0.1, 0.15) is 38.5 Å². The first-order chi connectivity index (χ1) is 8.83. The minimum absolute atomic E-state index is 0.352. The quantitative estimate of drug-likeness (QED) is 0.761. The molecule has 0 spiro atoms.